The van der Waals surface area contributed by atoms with Gasteiger partial charge in [0.05, 0.1) is 12.0 Å². The van der Waals surface area contributed by atoms with Gasteiger partial charge in [-0.05, 0) is 30.2 Å². The van der Waals surface area contributed by atoms with Crippen LogP contribution in [0.15, 0.2) is 65.7 Å². The fourth-order valence-electron chi connectivity index (χ4n) is 3.19. The molecule has 0 radical (unpaired) electrons. The van der Waals surface area contributed by atoms with Gasteiger partial charge in [-0.2, -0.15) is 0 Å². The number of benzene rings is 2. The van der Waals surface area contributed by atoms with Crippen molar-refractivity contribution in [2.75, 3.05) is 11.4 Å². The fourth-order valence-corrected chi connectivity index (χ4v) is 3.19. The molecular formula is C20H16FN3O2. The molecule has 1 aromatic heterocycles. The van der Waals surface area contributed by atoms with Crippen molar-refractivity contribution in [2.24, 2.45) is 0 Å². The lowest BCUT2D eigenvalue weighted by Crippen LogP contribution is -2.35. The summed E-state index contributed by atoms with van der Waals surface area (Å²) in [6.07, 6.45) is 2.10. The van der Waals surface area contributed by atoms with E-state index in [1.165, 1.54) is 23.0 Å². The third-order valence-corrected chi connectivity index (χ3v) is 4.52. The number of amides is 1. The Kier molecular flexibility index (Phi) is 4.08. The van der Waals surface area contributed by atoms with Gasteiger partial charge in [0.25, 0.3) is 5.56 Å². The van der Waals surface area contributed by atoms with Crippen LogP contribution in [-0.4, -0.2) is 22.0 Å². The van der Waals surface area contributed by atoms with Crippen LogP contribution in [0.4, 0.5) is 10.1 Å². The molecule has 0 spiro atoms. The molecule has 1 aliphatic heterocycles. The van der Waals surface area contributed by atoms with E-state index in [0.29, 0.717) is 6.54 Å². The Labute approximate surface area is 149 Å². The summed E-state index contributed by atoms with van der Waals surface area (Å²) in [5.41, 5.74) is 2.14. The topological polar surface area (TPSA) is 55.2 Å². The number of hydrogen-bond acceptors (Lipinski definition) is 3. The lowest BCUT2D eigenvalue weighted by Gasteiger charge is -2.17. The highest BCUT2D eigenvalue weighted by Crippen LogP contribution is 2.27. The van der Waals surface area contributed by atoms with Crippen molar-refractivity contribution in [3.05, 3.63) is 82.7 Å². The first-order valence-corrected chi connectivity index (χ1v) is 8.33. The molecule has 0 N–H and O–H groups in total. The van der Waals surface area contributed by atoms with Gasteiger partial charge in [-0.15, -0.1) is 0 Å². The van der Waals surface area contributed by atoms with E-state index in [0.717, 1.165) is 17.7 Å². The Morgan fingerprint density at radius 1 is 1.12 bits per heavy atom. The number of carbonyl (C=O) groups excluding carboxylic acids is 1. The number of halogens is 1. The molecule has 6 heteroatoms. The molecule has 0 fully saturated rings. The van der Waals surface area contributed by atoms with E-state index in [-0.39, 0.29) is 29.3 Å². The van der Waals surface area contributed by atoms with Gasteiger partial charge in [0.1, 0.15) is 12.4 Å². The molecule has 0 aliphatic carbocycles. The van der Waals surface area contributed by atoms with Gasteiger partial charge in [0.2, 0.25) is 5.91 Å². The Balaban J connectivity index is 1.57. The smallest absolute Gasteiger partial charge is 0.254 e. The van der Waals surface area contributed by atoms with E-state index < -0.39 is 5.82 Å². The summed E-state index contributed by atoms with van der Waals surface area (Å²) in [5.74, 6) is -0.612. The van der Waals surface area contributed by atoms with Crippen molar-refractivity contribution < 1.29 is 9.18 Å². The van der Waals surface area contributed by atoms with Gasteiger partial charge in [-0.3, -0.25) is 14.2 Å². The molecule has 1 amide bonds. The van der Waals surface area contributed by atoms with E-state index in [4.69, 9.17) is 0 Å². The predicted octanol–water partition coefficient (Wildman–Crippen LogP) is 2.64. The lowest BCUT2D eigenvalue weighted by molar-refractivity contribution is -0.119. The largest absolute Gasteiger partial charge is 0.310 e. The number of rotatable bonds is 3. The molecule has 0 bridgehead atoms. The van der Waals surface area contributed by atoms with Gasteiger partial charge in [-0.1, -0.05) is 30.3 Å². The zero-order valence-electron chi connectivity index (χ0n) is 13.9. The first kappa shape index (κ1) is 16.2. The van der Waals surface area contributed by atoms with Crippen LogP contribution in [0.25, 0.3) is 11.3 Å². The summed E-state index contributed by atoms with van der Waals surface area (Å²) in [6.45, 7) is 0.505. The lowest BCUT2D eigenvalue weighted by atomic mass is 10.1. The van der Waals surface area contributed by atoms with E-state index >= 15 is 0 Å². The van der Waals surface area contributed by atoms with Crippen LogP contribution in [0.5, 0.6) is 0 Å². The summed E-state index contributed by atoms with van der Waals surface area (Å²) >= 11 is 0. The molecule has 2 heterocycles. The maximum atomic E-state index is 13.9. The molecular weight excluding hydrogens is 333 g/mol. The second kappa shape index (κ2) is 6.55. The summed E-state index contributed by atoms with van der Waals surface area (Å²) in [5, 5.41) is 0. The maximum absolute atomic E-state index is 13.9. The van der Waals surface area contributed by atoms with Gasteiger partial charge in [-0.25, -0.2) is 9.37 Å². The fraction of sp³-hybridized carbons (Fsp3) is 0.150. The third-order valence-electron chi connectivity index (χ3n) is 4.52. The van der Waals surface area contributed by atoms with Crippen LogP contribution in [0, 0.1) is 5.82 Å². The highest BCUT2D eigenvalue weighted by Gasteiger charge is 2.24. The van der Waals surface area contributed by atoms with Crippen LogP contribution in [-0.2, 0) is 17.8 Å². The van der Waals surface area contributed by atoms with Crippen molar-refractivity contribution >= 4 is 11.6 Å². The van der Waals surface area contributed by atoms with Crippen LogP contribution in [0.1, 0.15) is 5.56 Å². The highest BCUT2D eigenvalue weighted by molar-refractivity contribution is 5.95. The first-order chi connectivity index (χ1) is 12.6. The molecule has 5 nitrogen and oxygen atoms in total. The average molecular weight is 349 g/mol. The molecule has 2 aromatic carbocycles. The van der Waals surface area contributed by atoms with Crippen molar-refractivity contribution in [3.8, 4) is 11.3 Å². The van der Waals surface area contributed by atoms with Crippen molar-refractivity contribution in [3.63, 3.8) is 0 Å². The monoisotopic (exact) mass is 349 g/mol. The van der Waals surface area contributed by atoms with Gasteiger partial charge < -0.3 is 4.90 Å². The van der Waals surface area contributed by atoms with Gasteiger partial charge >= 0.3 is 0 Å². The molecule has 0 unspecified atom stereocenters. The van der Waals surface area contributed by atoms with E-state index in [9.17, 15) is 14.0 Å². The Bertz CT molecular complexity index is 1040. The number of carbonyl (C=O) groups is 1. The third kappa shape index (κ3) is 2.90. The van der Waals surface area contributed by atoms with E-state index in [1.54, 1.807) is 23.1 Å². The van der Waals surface area contributed by atoms with Crippen molar-refractivity contribution in [2.45, 2.75) is 13.0 Å². The highest BCUT2D eigenvalue weighted by atomic mass is 19.1. The number of anilines is 1. The SMILES string of the molecule is O=C(Cn1cnc(-c2ccccc2F)cc1=O)N1CCc2ccccc21. The molecule has 3 aromatic rings. The second-order valence-electron chi connectivity index (χ2n) is 6.14. The number of nitrogens with zero attached hydrogens (tertiary/aromatic N) is 3. The minimum Gasteiger partial charge on any atom is -0.310 e. The standard InChI is InChI=1S/C20H16FN3O2/c21-16-7-3-2-6-15(16)17-11-19(25)23(13-22-17)12-20(26)24-10-9-14-5-1-4-8-18(14)24/h1-8,11,13H,9-10,12H2. The van der Waals surface area contributed by atoms with Crippen LogP contribution in [0.2, 0.25) is 0 Å². The average Bonchev–Trinajstić information content (AvgIpc) is 3.08. The number of hydrogen-bond donors (Lipinski definition) is 0. The Morgan fingerprint density at radius 3 is 2.69 bits per heavy atom. The normalized spacial score (nSPS) is 12.9. The zero-order valence-corrected chi connectivity index (χ0v) is 13.9. The molecule has 0 saturated carbocycles. The Morgan fingerprint density at radius 2 is 1.88 bits per heavy atom. The van der Waals surface area contributed by atoms with Crippen molar-refractivity contribution in [1.29, 1.82) is 0 Å². The van der Waals surface area contributed by atoms with Crippen LogP contribution >= 0.6 is 0 Å². The number of para-hydroxylation sites is 1. The Hall–Kier alpha value is -3.28. The van der Waals surface area contributed by atoms with Gasteiger partial charge in [0, 0.05) is 23.9 Å². The van der Waals surface area contributed by atoms with Gasteiger partial charge in [0.15, 0.2) is 0 Å². The molecule has 0 saturated heterocycles. The van der Waals surface area contributed by atoms with E-state index in [1.807, 2.05) is 24.3 Å². The predicted molar refractivity (Wildman–Crippen MR) is 96.4 cm³/mol. The number of aromatic nitrogens is 2. The minimum absolute atomic E-state index is 0.0995. The summed E-state index contributed by atoms with van der Waals surface area (Å²) in [6, 6.07) is 15.1. The summed E-state index contributed by atoms with van der Waals surface area (Å²) in [7, 11) is 0. The van der Waals surface area contributed by atoms with E-state index in [2.05, 4.69) is 4.98 Å². The quantitative estimate of drug-likeness (QED) is 0.730. The molecule has 26 heavy (non-hydrogen) atoms. The molecule has 1 aliphatic rings. The number of fused-ring (bicyclic) bond motifs is 1. The summed E-state index contributed by atoms with van der Waals surface area (Å²) in [4.78, 5) is 30.8. The minimum atomic E-state index is -0.443. The summed E-state index contributed by atoms with van der Waals surface area (Å²) < 4.78 is 15.1. The van der Waals surface area contributed by atoms with Crippen LogP contribution < -0.4 is 10.5 Å². The first-order valence-electron chi connectivity index (χ1n) is 8.33. The van der Waals surface area contributed by atoms with Crippen molar-refractivity contribution in [1.82, 2.24) is 9.55 Å². The maximum Gasteiger partial charge on any atom is 0.254 e. The second-order valence-corrected chi connectivity index (χ2v) is 6.14. The van der Waals surface area contributed by atoms with Crippen LogP contribution in [0.3, 0.4) is 0 Å². The molecule has 4 rings (SSSR count). The zero-order chi connectivity index (χ0) is 18.1. The molecule has 0 atom stereocenters. The molecule has 130 valence electrons.